The van der Waals surface area contributed by atoms with Crippen LogP contribution < -0.4 is 4.74 Å². The van der Waals surface area contributed by atoms with Crippen LogP contribution in [0.4, 0.5) is 0 Å². The van der Waals surface area contributed by atoms with Crippen molar-refractivity contribution in [2.24, 2.45) is 0 Å². The predicted molar refractivity (Wildman–Crippen MR) is 26.5 cm³/mol. The smallest absolute Gasteiger partial charge is 0.245 e. The van der Waals surface area contributed by atoms with Crippen molar-refractivity contribution in [1.29, 1.82) is 0 Å². The van der Waals surface area contributed by atoms with E-state index in [1.165, 1.54) is 11.5 Å². The number of nitrogens with zero attached hydrogens (tertiary/aromatic N) is 2. The van der Waals surface area contributed by atoms with Crippen molar-refractivity contribution in [2.45, 2.75) is 0 Å². The molecule has 0 aromatic carbocycles. The quantitative estimate of drug-likeness (QED) is 0.537. The van der Waals surface area contributed by atoms with Gasteiger partial charge < -0.3 is 4.74 Å². The zero-order valence-corrected chi connectivity index (χ0v) is 4.60. The second-order valence-corrected chi connectivity index (χ2v) is 1.56. The average Bonchev–Trinajstić information content (AvgIpc) is 2.14. The van der Waals surface area contributed by atoms with E-state index in [2.05, 4.69) is 9.59 Å². The Morgan fingerprint density at radius 1 is 1.86 bits per heavy atom. The third kappa shape index (κ3) is 0.866. The van der Waals surface area contributed by atoms with Gasteiger partial charge in [-0.1, -0.05) is 9.59 Å². The van der Waals surface area contributed by atoms with Gasteiger partial charge in [-0.15, -0.1) is 0 Å². The van der Waals surface area contributed by atoms with Crippen LogP contribution in [0.15, 0.2) is 5.38 Å². The van der Waals surface area contributed by atoms with Crippen molar-refractivity contribution < 1.29 is 4.74 Å². The lowest BCUT2D eigenvalue weighted by Gasteiger charge is -1.83. The molecule has 0 bridgehead atoms. The molecule has 0 spiro atoms. The second kappa shape index (κ2) is 1.88. The van der Waals surface area contributed by atoms with E-state index < -0.39 is 0 Å². The molecule has 7 heavy (non-hydrogen) atoms. The molecule has 0 saturated carbocycles. The highest BCUT2D eigenvalue weighted by Gasteiger charge is 1.87. The molecule has 0 aliphatic carbocycles. The summed E-state index contributed by atoms with van der Waals surface area (Å²) in [4.78, 5) is 0. The van der Waals surface area contributed by atoms with Gasteiger partial charge in [-0.2, -0.15) is 0 Å². The van der Waals surface area contributed by atoms with Gasteiger partial charge in [0.15, 0.2) is 0 Å². The largest absolute Gasteiger partial charge is 0.479 e. The lowest BCUT2D eigenvalue weighted by atomic mass is 10.9. The van der Waals surface area contributed by atoms with Crippen LogP contribution in [-0.4, -0.2) is 16.7 Å². The molecule has 1 aromatic heterocycles. The van der Waals surface area contributed by atoms with Crippen molar-refractivity contribution in [1.82, 2.24) is 9.59 Å². The van der Waals surface area contributed by atoms with E-state index in [4.69, 9.17) is 4.74 Å². The second-order valence-electron chi connectivity index (χ2n) is 0.947. The number of aromatic nitrogens is 2. The summed E-state index contributed by atoms with van der Waals surface area (Å²) in [6, 6.07) is 0. The number of ether oxygens (including phenoxy) is 1. The third-order valence-electron chi connectivity index (χ3n) is 0.549. The predicted octanol–water partition coefficient (Wildman–Crippen LogP) is 0.547. The van der Waals surface area contributed by atoms with Crippen molar-refractivity contribution in [2.75, 3.05) is 7.11 Å². The Labute approximate surface area is 45.1 Å². The standard InChI is InChI=1S/C3H4N2OS/c1-6-3-2-7-5-4-3/h2H,1H3. The Morgan fingerprint density at radius 3 is 3.00 bits per heavy atom. The van der Waals surface area contributed by atoms with Gasteiger partial charge in [0.1, 0.15) is 0 Å². The minimum atomic E-state index is 0.588. The van der Waals surface area contributed by atoms with Gasteiger partial charge >= 0.3 is 0 Å². The van der Waals surface area contributed by atoms with E-state index in [0.717, 1.165) is 0 Å². The van der Waals surface area contributed by atoms with Gasteiger partial charge in [0, 0.05) is 0 Å². The fraction of sp³-hybridized carbons (Fsp3) is 0.333. The molecule has 0 radical (unpaired) electrons. The molecule has 0 amide bonds. The average molecular weight is 116 g/mol. The lowest BCUT2D eigenvalue weighted by Crippen LogP contribution is -1.79. The van der Waals surface area contributed by atoms with Crippen molar-refractivity contribution in [3.05, 3.63) is 5.38 Å². The Morgan fingerprint density at radius 2 is 2.71 bits per heavy atom. The number of methoxy groups -OCH3 is 1. The zero-order valence-electron chi connectivity index (χ0n) is 3.79. The summed E-state index contributed by atoms with van der Waals surface area (Å²) in [6.45, 7) is 0. The van der Waals surface area contributed by atoms with Crippen LogP contribution in [0.5, 0.6) is 5.88 Å². The van der Waals surface area contributed by atoms with Gasteiger partial charge in [-0.05, 0) is 11.5 Å². The normalized spacial score (nSPS) is 8.71. The molecular formula is C3H4N2OS. The molecule has 1 rings (SSSR count). The monoisotopic (exact) mass is 116 g/mol. The van der Waals surface area contributed by atoms with Gasteiger partial charge in [0.05, 0.1) is 12.5 Å². The van der Waals surface area contributed by atoms with E-state index in [-0.39, 0.29) is 0 Å². The van der Waals surface area contributed by atoms with Crippen LogP contribution in [0.3, 0.4) is 0 Å². The van der Waals surface area contributed by atoms with E-state index in [1.807, 2.05) is 0 Å². The van der Waals surface area contributed by atoms with Crippen LogP contribution in [-0.2, 0) is 0 Å². The number of rotatable bonds is 1. The van der Waals surface area contributed by atoms with E-state index in [1.54, 1.807) is 12.5 Å². The van der Waals surface area contributed by atoms with Gasteiger partial charge in [-0.25, -0.2) is 0 Å². The van der Waals surface area contributed by atoms with E-state index in [9.17, 15) is 0 Å². The van der Waals surface area contributed by atoms with Gasteiger partial charge in [-0.3, -0.25) is 0 Å². The van der Waals surface area contributed by atoms with Crippen molar-refractivity contribution >= 4 is 11.5 Å². The SMILES string of the molecule is COc1csnn1. The third-order valence-corrected chi connectivity index (χ3v) is 1.03. The highest BCUT2D eigenvalue weighted by Crippen LogP contribution is 2.03. The van der Waals surface area contributed by atoms with E-state index >= 15 is 0 Å². The summed E-state index contributed by atoms with van der Waals surface area (Å²) < 4.78 is 8.25. The van der Waals surface area contributed by atoms with E-state index in [0.29, 0.717) is 5.88 Å². The minimum absolute atomic E-state index is 0.588. The molecule has 0 atom stereocenters. The highest BCUT2D eigenvalue weighted by molar-refractivity contribution is 7.03. The molecular weight excluding hydrogens is 112 g/mol. The molecule has 3 nitrogen and oxygen atoms in total. The first-order chi connectivity index (χ1) is 3.43. The van der Waals surface area contributed by atoms with Crippen LogP contribution in [0.25, 0.3) is 0 Å². The number of hydrogen-bond acceptors (Lipinski definition) is 4. The fourth-order valence-corrected chi connectivity index (χ4v) is 0.653. The fourth-order valence-electron chi connectivity index (χ4n) is 0.245. The molecule has 0 aliphatic rings. The van der Waals surface area contributed by atoms with Gasteiger partial charge in [0.25, 0.3) is 0 Å². The lowest BCUT2D eigenvalue weighted by molar-refractivity contribution is 0.397. The molecule has 38 valence electrons. The first kappa shape index (κ1) is 4.52. The maximum atomic E-state index is 4.69. The molecule has 1 aromatic rings. The maximum absolute atomic E-state index is 4.69. The van der Waals surface area contributed by atoms with Crippen molar-refractivity contribution in [3.63, 3.8) is 0 Å². The van der Waals surface area contributed by atoms with Crippen LogP contribution in [0, 0.1) is 0 Å². The summed E-state index contributed by atoms with van der Waals surface area (Å²) in [7, 11) is 1.57. The maximum Gasteiger partial charge on any atom is 0.245 e. The zero-order chi connectivity index (χ0) is 5.11. The first-order valence-electron chi connectivity index (χ1n) is 1.74. The summed E-state index contributed by atoms with van der Waals surface area (Å²) in [5.41, 5.74) is 0. The van der Waals surface area contributed by atoms with Crippen LogP contribution in [0.2, 0.25) is 0 Å². The summed E-state index contributed by atoms with van der Waals surface area (Å²) in [6.07, 6.45) is 0. The van der Waals surface area contributed by atoms with Gasteiger partial charge in [0.2, 0.25) is 5.88 Å². The molecule has 0 fully saturated rings. The number of hydrogen-bond donors (Lipinski definition) is 0. The molecule has 0 aliphatic heterocycles. The first-order valence-corrected chi connectivity index (χ1v) is 2.58. The molecule has 1 heterocycles. The summed E-state index contributed by atoms with van der Waals surface area (Å²) in [5, 5.41) is 5.32. The van der Waals surface area contributed by atoms with Crippen LogP contribution in [0.1, 0.15) is 0 Å². The Kier molecular flexibility index (Phi) is 1.21. The highest BCUT2D eigenvalue weighted by atomic mass is 32.1. The van der Waals surface area contributed by atoms with Crippen LogP contribution >= 0.6 is 11.5 Å². The Balaban J connectivity index is 2.76. The summed E-state index contributed by atoms with van der Waals surface area (Å²) >= 11 is 1.28. The molecule has 0 N–H and O–H groups in total. The molecule has 0 saturated heterocycles. The minimum Gasteiger partial charge on any atom is -0.479 e. The van der Waals surface area contributed by atoms with Crippen molar-refractivity contribution in [3.8, 4) is 5.88 Å². The molecule has 4 heteroatoms. The topological polar surface area (TPSA) is 35.0 Å². The Bertz CT molecular complexity index is 127. The summed E-state index contributed by atoms with van der Waals surface area (Å²) in [5.74, 6) is 0.588. The Hall–Kier alpha value is -0.640. The molecule has 0 unspecified atom stereocenters.